The van der Waals surface area contributed by atoms with E-state index in [4.69, 9.17) is 5.11 Å². The van der Waals surface area contributed by atoms with Gasteiger partial charge in [0.1, 0.15) is 5.82 Å². The average Bonchev–Trinajstić information content (AvgIpc) is 2.29. The SMILES string of the molecule is Cc1nc(CCC(=O)O)c(C)n1C. The number of carboxylic acid groups (broad SMARTS) is 1. The van der Waals surface area contributed by atoms with E-state index in [2.05, 4.69) is 4.98 Å². The van der Waals surface area contributed by atoms with Crippen LogP contribution in [0.4, 0.5) is 0 Å². The lowest BCUT2D eigenvalue weighted by Crippen LogP contribution is -1.99. The molecule has 1 aromatic rings. The minimum atomic E-state index is -0.775. The molecule has 72 valence electrons. The van der Waals surface area contributed by atoms with Gasteiger partial charge in [-0.15, -0.1) is 0 Å². The molecule has 0 amide bonds. The largest absolute Gasteiger partial charge is 0.481 e. The molecule has 0 fully saturated rings. The van der Waals surface area contributed by atoms with Gasteiger partial charge in [0.15, 0.2) is 0 Å². The van der Waals surface area contributed by atoms with Crippen LogP contribution in [-0.4, -0.2) is 20.6 Å². The Bertz CT molecular complexity index is 329. The molecule has 0 saturated carbocycles. The van der Waals surface area contributed by atoms with Gasteiger partial charge in [-0.25, -0.2) is 4.98 Å². The Morgan fingerprint density at radius 3 is 2.54 bits per heavy atom. The number of aliphatic carboxylic acids is 1. The third-order valence-corrected chi connectivity index (χ3v) is 2.28. The Balaban J connectivity index is 2.78. The molecule has 1 aromatic heterocycles. The van der Waals surface area contributed by atoms with E-state index < -0.39 is 5.97 Å². The summed E-state index contributed by atoms with van der Waals surface area (Å²) in [4.78, 5) is 14.6. The van der Waals surface area contributed by atoms with Crippen LogP contribution in [0.25, 0.3) is 0 Å². The van der Waals surface area contributed by atoms with Gasteiger partial charge in [-0.1, -0.05) is 0 Å². The number of carbonyl (C=O) groups is 1. The molecule has 0 bridgehead atoms. The van der Waals surface area contributed by atoms with E-state index in [1.54, 1.807) is 0 Å². The molecule has 0 spiro atoms. The highest BCUT2D eigenvalue weighted by atomic mass is 16.4. The Labute approximate surface area is 77.2 Å². The summed E-state index contributed by atoms with van der Waals surface area (Å²) < 4.78 is 1.97. The molecule has 0 aliphatic heterocycles. The average molecular weight is 182 g/mol. The van der Waals surface area contributed by atoms with Gasteiger partial charge in [0.2, 0.25) is 0 Å². The van der Waals surface area contributed by atoms with E-state index in [0.717, 1.165) is 17.2 Å². The molecule has 0 aliphatic carbocycles. The Kier molecular flexibility index (Phi) is 2.70. The first kappa shape index (κ1) is 9.77. The van der Waals surface area contributed by atoms with Gasteiger partial charge in [-0.05, 0) is 13.8 Å². The zero-order chi connectivity index (χ0) is 10.0. The van der Waals surface area contributed by atoms with E-state index in [-0.39, 0.29) is 6.42 Å². The molecule has 4 heteroatoms. The van der Waals surface area contributed by atoms with Crippen LogP contribution in [0.2, 0.25) is 0 Å². The number of imidazole rings is 1. The minimum Gasteiger partial charge on any atom is -0.481 e. The van der Waals surface area contributed by atoms with Gasteiger partial charge >= 0.3 is 5.97 Å². The summed E-state index contributed by atoms with van der Waals surface area (Å²) in [5.74, 6) is 0.153. The number of aromatic nitrogens is 2. The van der Waals surface area contributed by atoms with E-state index >= 15 is 0 Å². The monoisotopic (exact) mass is 182 g/mol. The zero-order valence-corrected chi connectivity index (χ0v) is 8.16. The predicted molar refractivity (Wildman–Crippen MR) is 48.6 cm³/mol. The number of rotatable bonds is 3. The molecule has 1 rings (SSSR count). The van der Waals surface area contributed by atoms with E-state index in [1.807, 2.05) is 25.5 Å². The van der Waals surface area contributed by atoms with Gasteiger partial charge in [-0.3, -0.25) is 4.79 Å². The van der Waals surface area contributed by atoms with Crippen LogP contribution in [0, 0.1) is 13.8 Å². The van der Waals surface area contributed by atoms with Crippen LogP contribution in [-0.2, 0) is 18.3 Å². The maximum Gasteiger partial charge on any atom is 0.303 e. The van der Waals surface area contributed by atoms with Crippen molar-refractivity contribution in [3.8, 4) is 0 Å². The molecule has 4 nitrogen and oxygen atoms in total. The molecule has 1 heterocycles. The van der Waals surface area contributed by atoms with Crippen molar-refractivity contribution in [1.82, 2.24) is 9.55 Å². The summed E-state index contributed by atoms with van der Waals surface area (Å²) in [7, 11) is 1.93. The highest BCUT2D eigenvalue weighted by molar-refractivity contribution is 5.67. The molecule has 0 radical (unpaired) electrons. The lowest BCUT2D eigenvalue weighted by Gasteiger charge is -1.97. The second kappa shape index (κ2) is 3.60. The van der Waals surface area contributed by atoms with E-state index in [0.29, 0.717) is 6.42 Å². The summed E-state index contributed by atoms with van der Waals surface area (Å²) >= 11 is 0. The number of carboxylic acids is 1. The van der Waals surface area contributed by atoms with Crippen molar-refractivity contribution in [3.63, 3.8) is 0 Å². The second-order valence-electron chi connectivity index (χ2n) is 3.14. The summed E-state index contributed by atoms with van der Waals surface area (Å²) in [6.45, 7) is 3.87. The summed E-state index contributed by atoms with van der Waals surface area (Å²) in [5.41, 5.74) is 1.95. The lowest BCUT2D eigenvalue weighted by atomic mass is 10.2. The van der Waals surface area contributed by atoms with Gasteiger partial charge in [-0.2, -0.15) is 0 Å². The van der Waals surface area contributed by atoms with Crippen molar-refractivity contribution < 1.29 is 9.90 Å². The Morgan fingerprint density at radius 2 is 2.15 bits per heavy atom. The van der Waals surface area contributed by atoms with Crippen molar-refractivity contribution in [1.29, 1.82) is 0 Å². The van der Waals surface area contributed by atoms with Gasteiger partial charge in [0, 0.05) is 19.2 Å². The molecular formula is C9H14N2O2. The summed E-state index contributed by atoms with van der Waals surface area (Å²) in [5, 5.41) is 8.51. The first-order chi connectivity index (χ1) is 6.02. The number of nitrogens with zero attached hydrogens (tertiary/aromatic N) is 2. The quantitative estimate of drug-likeness (QED) is 0.760. The maximum atomic E-state index is 10.3. The molecule has 0 aromatic carbocycles. The van der Waals surface area contributed by atoms with Crippen LogP contribution in [0.3, 0.4) is 0 Å². The first-order valence-electron chi connectivity index (χ1n) is 4.23. The van der Waals surface area contributed by atoms with E-state index in [9.17, 15) is 4.79 Å². The normalized spacial score (nSPS) is 10.4. The molecule has 0 unspecified atom stereocenters. The van der Waals surface area contributed by atoms with Crippen LogP contribution >= 0.6 is 0 Å². The van der Waals surface area contributed by atoms with Crippen LogP contribution in [0.15, 0.2) is 0 Å². The molecule has 0 atom stereocenters. The van der Waals surface area contributed by atoms with Gasteiger partial charge in [0.25, 0.3) is 0 Å². The Hall–Kier alpha value is -1.32. The third-order valence-electron chi connectivity index (χ3n) is 2.28. The maximum absolute atomic E-state index is 10.3. The molecular weight excluding hydrogens is 168 g/mol. The zero-order valence-electron chi connectivity index (χ0n) is 8.16. The third kappa shape index (κ3) is 2.08. The van der Waals surface area contributed by atoms with Crippen molar-refractivity contribution in [2.45, 2.75) is 26.7 Å². The number of hydrogen-bond donors (Lipinski definition) is 1. The molecule has 13 heavy (non-hydrogen) atoms. The molecule has 0 saturated heterocycles. The topological polar surface area (TPSA) is 55.1 Å². The minimum absolute atomic E-state index is 0.150. The summed E-state index contributed by atoms with van der Waals surface area (Å²) in [6, 6.07) is 0. The van der Waals surface area contributed by atoms with Crippen LogP contribution in [0.5, 0.6) is 0 Å². The van der Waals surface area contributed by atoms with Crippen molar-refractivity contribution >= 4 is 5.97 Å². The standard InChI is InChI=1S/C9H14N2O2/c1-6-8(4-5-9(12)13)10-7(2)11(6)3/h4-5H2,1-3H3,(H,12,13). The van der Waals surface area contributed by atoms with Gasteiger partial charge in [0.05, 0.1) is 12.1 Å². The predicted octanol–water partition coefficient (Wildman–Crippen LogP) is 1.05. The molecule has 0 aliphatic rings. The highest BCUT2D eigenvalue weighted by Crippen LogP contribution is 2.10. The van der Waals surface area contributed by atoms with Crippen molar-refractivity contribution in [2.75, 3.05) is 0 Å². The fourth-order valence-corrected chi connectivity index (χ4v) is 1.25. The van der Waals surface area contributed by atoms with Crippen LogP contribution < -0.4 is 0 Å². The highest BCUT2D eigenvalue weighted by Gasteiger charge is 2.08. The fraction of sp³-hybridized carbons (Fsp3) is 0.556. The van der Waals surface area contributed by atoms with Crippen molar-refractivity contribution in [2.24, 2.45) is 7.05 Å². The Morgan fingerprint density at radius 1 is 1.54 bits per heavy atom. The fourth-order valence-electron chi connectivity index (χ4n) is 1.25. The lowest BCUT2D eigenvalue weighted by molar-refractivity contribution is -0.136. The first-order valence-corrected chi connectivity index (χ1v) is 4.23. The number of hydrogen-bond acceptors (Lipinski definition) is 2. The van der Waals surface area contributed by atoms with Gasteiger partial charge < -0.3 is 9.67 Å². The van der Waals surface area contributed by atoms with Crippen LogP contribution in [0.1, 0.15) is 23.6 Å². The smallest absolute Gasteiger partial charge is 0.303 e. The number of aryl methyl sites for hydroxylation is 2. The second-order valence-corrected chi connectivity index (χ2v) is 3.14. The van der Waals surface area contributed by atoms with E-state index in [1.165, 1.54) is 0 Å². The van der Waals surface area contributed by atoms with Crippen molar-refractivity contribution in [3.05, 3.63) is 17.2 Å². The summed E-state index contributed by atoms with van der Waals surface area (Å²) in [6.07, 6.45) is 0.667. The molecule has 1 N–H and O–H groups in total.